The third-order valence-electron chi connectivity index (χ3n) is 8.27. The van der Waals surface area contributed by atoms with Gasteiger partial charge in [0.2, 0.25) is 5.91 Å². The summed E-state index contributed by atoms with van der Waals surface area (Å²) >= 11 is 0. The van der Waals surface area contributed by atoms with Gasteiger partial charge in [-0.15, -0.1) is 0 Å². The van der Waals surface area contributed by atoms with Gasteiger partial charge >= 0.3 is 0 Å². The number of carbonyl (C=O) groups is 3. The number of hydrogen-bond donors (Lipinski definition) is 2. The standard InChI is InChI=1S/C34H35N5O7/c1-20-28(21(2)46-38-20)9-10-33(41)39-17-29-31(18-39)45-27-8-7-23(30(13-27)43-3)16-36-32(40)19-44-26-6-4-5-22(12-26)24-11-25(15-35-14-24)34(42)37-29/h4-8,11-15,29,31H,9-10,16-19H2,1-3H3,(H,36,40)(H,37,42)/t29-,31-/m0/s1. The second kappa shape index (κ2) is 13.3. The summed E-state index contributed by atoms with van der Waals surface area (Å²) in [6, 6.07) is 13.8. The fourth-order valence-electron chi connectivity index (χ4n) is 5.74. The maximum Gasteiger partial charge on any atom is 0.258 e. The maximum absolute atomic E-state index is 13.6. The zero-order valence-electron chi connectivity index (χ0n) is 25.9. The number of fused-ring (bicyclic) bond motifs is 7. The molecule has 2 atom stereocenters. The van der Waals surface area contributed by atoms with E-state index < -0.39 is 12.1 Å². The van der Waals surface area contributed by atoms with Gasteiger partial charge in [-0.25, -0.2) is 0 Å². The van der Waals surface area contributed by atoms with Crippen molar-refractivity contribution in [2.75, 3.05) is 26.8 Å². The highest BCUT2D eigenvalue weighted by Crippen LogP contribution is 2.29. The molecule has 12 heteroatoms. The van der Waals surface area contributed by atoms with E-state index in [0.717, 1.165) is 22.4 Å². The summed E-state index contributed by atoms with van der Waals surface area (Å²) in [5.74, 6) is 1.52. The zero-order valence-corrected chi connectivity index (χ0v) is 25.9. The van der Waals surface area contributed by atoms with Crippen LogP contribution in [0.1, 0.15) is 39.4 Å². The molecule has 0 aliphatic carbocycles. The van der Waals surface area contributed by atoms with Crippen LogP contribution >= 0.6 is 0 Å². The largest absolute Gasteiger partial charge is 0.496 e. The third-order valence-corrected chi connectivity index (χ3v) is 8.27. The molecule has 0 radical (unpaired) electrons. The van der Waals surface area contributed by atoms with E-state index in [0.29, 0.717) is 40.6 Å². The van der Waals surface area contributed by atoms with E-state index in [-0.39, 0.29) is 50.4 Å². The lowest BCUT2D eigenvalue weighted by Crippen LogP contribution is -2.45. The van der Waals surface area contributed by atoms with Gasteiger partial charge < -0.3 is 34.3 Å². The number of aromatic nitrogens is 2. The third kappa shape index (κ3) is 6.80. The van der Waals surface area contributed by atoms with Crippen LogP contribution in [0.4, 0.5) is 0 Å². The summed E-state index contributed by atoms with van der Waals surface area (Å²) in [5, 5.41) is 9.94. The highest BCUT2D eigenvalue weighted by atomic mass is 16.5. The van der Waals surface area contributed by atoms with Crippen LogP contribution in [0, 0.1) is 13.8 Å². The molecule has 12 nitrogen and oxygen atoms in total. The molecule has 5 heterocycles. The number of aryl methyl sites for hydroxylation is 2. The molecular weight excluding hydrogens is 590 g/mol. The number of nitrogens with one attached hydrogen (secondary N) is 2. The number of benzene rings is 2. The zero-order chi connectivity index (χ0) is 32.2. The van der Waals surface area contributed by atoms with Crippen molar-refractivity contribution in [3.05, 3.63) is 89.1 Å². The number of likely N-dealkylation sites (tertiary alicyclic amines) is 1. The van der Waals surface area contributed by atoms with Gasteiger partial charge in [-0.05, 0) is 56.2 Å². The fraction of sp³-hybridized carbons (Fsp3) is 0.324. The Morgan fingerprint density at radius 1 is 1.02 bits per heavy atom. The number of rotatable bonds is 4. The minimum atomic E-state index is -0.544. The van der Waals surface area contributed by atoms with Gasteiger partial charge in [0.05, 0.1) is 31.0 Å². The summed E-state index contributed by atoms with van der Waals surface area (Å²) in [7, 11) is 1.54. The molecule has 4 aromatic rings. The molecule has 2 N–H and O–H groups in total. The lowest BCUT2D eigenvalue weighted by atomic mass is 10.1. The van der Waals surface area contributed by atoms with Crippen molar-refractivity contribution in [3.8, 4) is 28.4 Å². The number of amides is 3. The predicted molar refractivity (Wildman–Crippen MR) is 167 cm³/mol. The first-order valence-corrected chi connectivity index (χ1v) is 15.1. The SMILES string of the molecule is COc1cc2ccc1CNC(=O)COc1cccc(c1)-c1cncc(c1)C(=O)N[C@H]1CN(C(=O)CCc3c(C)noc3C)C[C@@H]1O2. The topological polar surface area (TPSA) is 145 Å². The molecule has 46 heavy (non-hydrogen) atoms. The maximum atomic E-state index is 13.6. The van der Waals surface area contributed by atoms with Crippen LogP contribution in [-0.2, 0) is 22.6 Å². The molecule has 1 fully saturated rings. The lowest BCUT2D eigenvalue weighted by Gasteiger charge is -2.22. The molecule has 0 saturated carbocycles. The number of carbonyl (C=O) groups excluding carboxylic acids is 3. The molecule has 3 aliphatic heterocycles. The van der Waals surface area contributed by atoms with E-state index in [1.807, 2.05) is 32.0 Å². The van der Waals surface area contributed by atoms with Crippen molar-refractivity contribution in [2.45, 2.75) is 45.4 Å². The highest BCUT2D eigenvalue weighted by molar-refractivity contribution is 5.95. The minimum absolute atomic E-state index is 0.0645. The van der Waals surface area contributed by atoms with E-state index in [2.05, 4.69) is 20.8 Å². The summed E-state index contributed by atoms with van der Waals surface area (Å²) < 4.78 is 23.0. The first-order chi connectivity index (χ1) is 22.3. The lowest BCUT2D eigenvalue weighted by molar-refractivity contribution is -0.130. The molecule has 7 rings (SSSR count). The number of ether oxygens (including phenoxy) is 3. The summed E-state index contributed by atoms with van der Waals surface area (Å²) in [4.78, 5) is 45.6. The molecule has 3 amide bonds. The van der Waals surface area contributed by atoms with Crippen LogP contribution in [0.5, 0.6) is 17.2 Å². The van der Waals surface area contributed by atoms with E-state index in [4.69, 9.17) is 18.7 Å². The van der Waals surface area contributed by atoms with E-state index >= 15 is 0 Å². The number of methoxy groups -OCH3 is 1. The Morgan fingerprint density at radius 2 is 1.87 bits per heavy atom. The quantitative estimate of drug-likeness (QED) is 0.349. The fourth-order valence-corrected chi connectivity index (χ4v) is 5.74. The van der Waals surface area contributed by atoms with E-state index in [1.54, 1.807) is 48.5 Å². The number of hydrogen-bond acceptors (Lipinski definition) is 9. The van der Waals surface area contributed by atoms with Gasteiger partial charge in [-0.3, -0.25) is 19.4 Å². The molecule has 3 aliphatic rings. The molecule has 2 aromatic carbocycles. The predicted octanol–water partition coefficient (Wildman–Crippen LogP) is 3.39. The molecule has 6 bridgehead atoms. The van der Waals surface area contributed by atoms with Crippen molar-refractivity contribution >= 4 is 17.7 Å². The Labute approximate surface area is 266 Å². The van der Waals surface area contributed by atoms with Crippen LogP contribution in [0.25, 0.3) is 11.1 Å². The molecule has 0 unspecified atom stereocenters. The molecular formula is C34H35N5O7. The smallest absolute Gasteiger partial charge is 0.258 e. The van der Waals surface area contributed by atoms with Gasteiger partial charge in [0.25, 0.3) is 11.8 Å². The summed E-state index contributed by atoms with van der Waals surface area (Å²) in [6.45, 7) is 4.28. The van der Waals surface area contributed by atoms with Gasteiger partial charge in [0, 0.05) is 54.7 Å². The summed E-state index contributed by atoms with van der Waals surface area (Å²) in [5.41, 5.74) is 4.28. The van der Waals surface area contributed by atoms with Gasteiger partial charge in [-0.1, -0.05) is 17.3 Å². The molecule has 2 aromatic heterocycles. The molecule has 0 spiro atoms. The second-order valence-electron chi connectivity index (χ2n) is 11.4. The van der Waals surface area contributed by atoms with Crippen molar-refractivity contribution in [1.29, 1.82) is 0 Å². The normalized spacial score (nSPS) is 18.1. The van der Waals surface area contributed by atoms with Gasteiger partial charge in [0.15, 0.2) is 6.61 Å². The molecule has 1 saturated heterocycles. The van der Waals surface area contributed by atoms with Crippen molar-refractivity contribution in [1.82, 2.24) is 25.7 Å². The first kappa shape index (κ1) is 30.6. The minimum Gasteiger partial charge on any atom is -0.496 e. The Balaban J connectivity index is 1.29. The van der Waals surface area contributed by atoms with Crippen LogP contribution in [-0.4, -0.2) is 71.7 Å². The second-order valence-corrected chi connectivity index (χ2v) is 11.4. The summed E-state index contributed by atoms with van der Waals surface area (Å²) in [6.07, 6.45) is 3.37. The van der Waals surface area contributed by atoms with Crippen LogP contribution < -0.4 is 24.8 Å². The van der Waals surface area contributed by atoms with Gasteiger partial charge in [-0.2, -0.15) is 0 Å². The van der Waals surface area contributed by atoms with E-state index in [1.165, 1.54) is 6.20 Å². The first-order valence-electron chi connectivity index (χ1n) is 15.1. The Kier molecular flexibility index (Phi) is 8.86. The number of nitrogens with zero attached hydrogens (tertiary/aromatic N) is 3. The average molecular weight is 626 g/mol. The van der Waals surface area contributed by atoms with Gasteiger partial charge in [0.1, 0.15) is 29.1 Å². The van der Waals surface area contributed by atoms with E-state index in [9.17, 15) is 14.4 Å². The molecule has 238 valence electrons. The van der Waals surface area contributed by atoms with Crippen LogP contribution in [0.2, 0.25) is 0 Å². The number of pyridine rings is 1. The van der Waals surface area contributed by atoms with Crippen molar-refractivity contribution in [2.24, 2.45) is 0 Å². The Morgan fingerprint density at radius 3 is 2.67 bits per heavy atom. The average Bonchev–Trinajstić information content (AvgIpc) is 3.62. The monoisotopic (exact) mass is 625 g/mol. The Bertz CT molecular complexity index is 1750. The highest BCUT2D eigenvalue weighted by Gasteiger charge is 2.38. The van der Waals surface area contributed by atoms with Crippen LogP contribution in [0.3, 0.4) is 0 Å². The van der Waals surface area contributed by atoms with Crippen molar-refractivity contribution in [3.63, 3.8) is 0 Å². The van der Waals surface area contributed by atoms with Crippen molar-refractivity contribution < 1.29 is 33.1 Å². The Hall–Kier alpha value is -5.39. The van der Waals surface area contributed by atoms with Crippen LogP contribution in [0.15, 0.2) is 65.4 Å².